The summed E-state index contributed by atoms with van der Waals surface area (Å²) in [6, 6.07) is 0.368. The number of rotatable bonds is 2. The fraction of sp³-hybridized carbons (Fsp3) is 1.00. The molecule has 0 aromatic carbocycles. The van der Waals surface area contributed by atoms with Crippen LogP contribution in [0.3, 0.4) is 0 Å². The lowest BCUT2D eigenvalue weighted by molar-refractivity contribution is 0.239. The van der Waals surface area contributed by atoms with Crippen molar-refractivity contribution in [2.24, 2.45) is 11.8 Å². The molecule has 2 saturated heterocycles. The van der Waals surface area contributed by atoms with E-state index in [1.54, 1.807) is 0 Å². The molecule has 0 spiro atoms. The summed E-state index contributed by atoms with van der Waals surface area (Å²) >= 11 is 0. The van der Waals surface area contributed by atoms with E-state index in [4.69, 9.17) is 5.11 Å². The summed E-state index contributed by atoms with van der Waals surface area (Å²) in [4.78, 5) is 0. The Morgan fingerprint density at radius 1 is 1.23 bits per heavy atom. The van der Waals surface area contributed by atoms with Gasteiger partial charge in [-0.05, 0) is 50.7 Å². The van der Waals surface area contributed by atoms with Gasteiger partial charge < -0.3 is 15.7 Å². The molecule has 0 bridgehead atoms. The van der Waals surface area contributed by atoms with E-state index in [2.05, 4.69) is 10.6 Å². The van der Waals surface area contributed by atoms with Crippen LogP contribution in [-0.2, 0) is 0 Å². The summed E-state index contributed by atoms with van der Waals surface area (Å²) < 4.78 is 0. The summed E-state index contributed by atoms with van der Waals surface area (Å²) in [5, 5.41) is 15.8. The van der Waals surface area contributed by atoms with E-state index in [1.807, 2.05) is 0 Å². The van der Waals surface area contributed by atoms with Gasteiger partial charge in [0.2, 0.25) is 0 Å². The van der Waals surface area contributed by atoms with Gasteiger partial charge in [0.05, 0.1) is 6.61 Å². The molecule has 76 valence electrons. The van der Waals surface area contributed by atoms with Crippen LogP contribution in [0.25, 0.3) is 0 Å². The molecule has 0 aromatic rings. The highest BCUT2D eigenvalue weighted by molar-refractivity contribution is 4.87. The van der Waals surface area contributed by atoms with Crippen LogP contribution in [0.1, 0.15) is 19.3 Å². The summed E-state index contributed by atoms with van der Waals surface area (Å²) in [5.41, 5.74) is 0. The van der Waals surface area contributed by atoms with Gasteiger partial charge in [-0.2, -0.15) is 0 Å². The fourth-order valence-corrected chi connectivity index (χ4v) is 2.63. The zero-order valence-electron chi connectivity index (χ0n) is 8.13. The largest absolute Gasteiger partial charge is 0.395 e. The van der Waals surface area contributed by atoms with Gasteiger partial charge >= 0.3 is 0 Å². The van der Waals surface area contributed by atoms with Crippen LogP contribution in [0, 0.1) is 11.8 Å². The Labute approximate surface area is 79.9 Å². The summed E-state index contributed by atoms with van der Waals surface area (Å²) in [6.07, 6.45) is 3.87. The van der Waals surface area contributed by atoms with Crippen molar-refractivity contribution in [1.82, 2.24) is 10.6 Å². The molecule has 2 rings (SSSR count). The van der Waals surface area contributed by atoms with Gasteiger partial charge in [-0.1, -0.05) is 0 Å². The van der Waals surface area contributed by atoms with Crippen molar-refractivity contribution in [3.8, 4) is 0 Å². The van der Waals surface area contributed by atoms with E-state index in [9.17, 15) is 0 Å². The molecule has 2 aliphatic heterocycles. The molecule has 0 amide bonds. The molecule has 0 radical (unpaired) electrons. The maximum absolute atomic E-state index is 9.00. The third-order valence-corrected chi connectivity index (χ3v) is 3.48. The van der Waals surface area contributed by atoms with Crippen molar-refractivity contribution in [2.75, 3.05) is 26.2 Å². The summed E-state index contributed by atoms with van der Waals surface area (Å²) in [5.74, 6) is 1.64. The second kappa shape index (κ2) is 4.40. The topological polar surface area (TPSA) is 44.3 Å². The molecule has 13 heavy (non-hydrogen) atoms. The van der Waals surface area contributed by atoms with Crippen molar-refractivity contribution in [1.29, 1.82) is 0 Å². The Morgan fingerprint density at radius 2 is 2.15 bits per heavy atom. The van der Waals surface area contributed by atoms with Crippen LogP contribution >= 0.6 is 0 Å². The smallest absolute Gasteiger partial charge is 0.0584 e. The minimum absolute atomic E-state index is 0.302. The predicted molar refractivity (Wildman–Crippen MR) is 52.6 cm³/mol. The molecule has 2 fully saturated rings. The number of hydrogen-bond acceptors (Lipinski definition) is 3. The van der Waals surface area contributed by atoms with Crippen LogP contribution < -0.4 is 10.6 Å². The zero-order valence-corrected chi connectivity index (χ0v) is 8.13. The minimum atomic E-state index is 0.302. The normalized spacial score (nSPS) is 40.8. The van der Waals surface area contributed by atoms with E-state index < -0.39 is 0 Å². The summed E-state index contributed by atoms with van der Waals surface area (Å²) in [6.45, 7) is 3.79. The maximum atomic E-state index is 9.00. The number of nitrogens with one attached hydrogen (secondary N) is 2. The first-order valence-corrected chi connectivity index (χ1v) is 5.45. The number of hydrogen-bond donors (Lipinski definition) is 3. The molecular weight excluding hydrogens is 164 g/mol. The van der Waals surface area contributed by atoms with Gasteiger partial charge in [0.25, 0.3) is 0 Å². The van der Waals surface area contributed by atoms with E-state index >= 15 is 0 Å². The molecule has 2 heterocycles. The molecule has 0 saturated carbocycles. The average Bonchev–Trinajstić information content (AvgIpc) is 2.67. The van der Waals surface area contributed by atoms with Gasteiger partial charge in [-0.3, -0.25) is 0 Å². The van der Waals surface area contributed by atoms with E-state index in [-0.39, 0.29) is 0 Å². The van der Waals surface area contributed by atoms with Gasteiger partial charge in [-0.25, -0.2) is 0 Å². The van der Waals surface area contributed by atoms with Gasteiger partial charge in [0.15, 0.2) is 0 Å². The second-order valence-electron chi connectivity index (χ2n) is 4.39. The SMILES string of the molecule is OCC1CC(C2CCCNC2)CN1. The van der Waals surface area contributed by atoms with Crippen LogP contribution in [0.4, 0.5) is 0 Å². The van der Waals surface area contributed by atoms with Gasteiger partial charge in [0, 0.05) is 6.04 Å². The van der Waals surface area contributed by atoms with Crippen LogP contribution in [-0.4, -0.2) is 37.4 Å². The highest BCUT2D eigenvalue weighted by Gasteiger charge is 2.30. The first-order valence-electron chi connectivity index (χ1n) is 5.45. The molecule has 3 nitrogen and oxygen atoms in total. The van der Waals surface area contributed by atoms with Gasteiger partial charge in [-0.15, -0.1) is 0 Å². The first-order chi connectivity index (χ1) is 6.40. The molecule has 3 unspecified atom stereocenters. The Bertz CT molecular complexity index is 157. The lowest BCUT2D eigenvalue weighted by Crippen LogP contribution is -2.34. The standard InChI is InChI=1S/C10H20N2O/c13-7-10-4-9(6-12-10)8-2-1-3-11-5-8/h8-13H,1-7H2. The van der Waals surface area contributed by atoms with E-state index in [1.165, 1.54) is 32.4 Å². The average molecular weight is 184 g/mol. The van der Waals surface area contributed by atoms with E-state index in [0.717, 1.165) is 18.4 Å². The Hall–Kier alpha value is -0.120. The Balaban J connectivity index is 1.80. The summed E-state index contributed by atoms with van der Waals surface area (Å²) in [7, 11) is 0. The molecule has 3 N–H and O–H groups in total. The number of aliphatic hydroxyl groups excluding tert-OH is 1. The molecule has 3 atom stereocenters. The maximum Gasteiger partial charge on any atom is 0.0584 e. The molecule has 3 heteroatoms. The number of aliphatic hydroxyl groups is 1. The lowest BCUT2D eigenvalue weighted by atomic mass is 9.85. The molecular formula is C10H20N2O. The molecule has 0 aliphatic carbocycles. The Morgan fingerprint density at radius 3 is 2.77 bits per heavy atom. The zero-order chi connectivity index (χ0) is 9.10. The van der Waals surface area contributed by atoms with Crippen molar-refractivity contribution >= 4 is 0 Å². The molecule has 2 aliphatic rings. The highest BCUT2D eigenvalue weighted by atomic mass is 16.3. The predicted octanol–water partition coefficient (Wildman–Crippen LogP) is -0.0436. The van der Waals surface area contributed by atoms with Crippen molar-refractivity contribution in [3.63, 3.8) is 0 Å². The molecule has 0 aromatic heterocycles. The quantitative estimate of drug-likeness (QED) is 0.564. The lowest BCUT2D eigenvalue weighted by Gasteiger charge is -2.27. The van der Waals surface area contributed by atoms with Crippen molar-refractivity contribution < 1.29 is 5.11 Å². The second-order valence-corrected chi connectivity index (χ2v) is 4.39. The van der Waals surface area contributed by atoms with Gasteiger partial charge in [0.1, 0.15) is 0 Å². The minimum Gasteiger partial charge on any atom is -0.395 e. The number of piperidine rings is 1. The monoisotopic (exact) mass is 184 g/mol. The van der Waals surface area contributed by atoms with Crippen LogP contribution in [0.5, 0.6) is 0 Å². The van der Waals surface area contributed by atoms with Crippen LogP contribution in [0.2, 0.25) is 0 Å². The van der Waals surface area contributed by atoms with Crippen LogP contribution in [0.15, 0.2) is 0 Å². The van der Waals surface area contributed by atoms with Crippen molar-refractivity contribution in [3.05, 3.63) is 0 Å². The van der Waals surface area contributed by atoms with Crippen molar-refractivity contribution in [2.45, 2.75) is 25.3 Å². The Kier molecular flexibility index (Phi) is 3.19. The fourth-order valence-electron chi connectivity index (χ4n) is 2.63. The third kappa shape index (κ3) is 2.22. The highest BCUT2D eigenvalue weighted by Crippen LogP contribution is 2.27. The third-order valence-electron chi connectivity index (χ3n) is 3.48. The first kappa shape index (κ1) is 9.44. The van der Waals surface area contributed by atoms with E-state index in [0.29, 0.717) is 12.6 Å².